The Labute approximate surface area is 150 Å². The number of fused-ring (bicyclic) bond motifs is 1. The largest absolute Gasteiger partial charge is 0.454 e. The molecule has 0 unspecified atom stereocenters. The van der Waals surface area contributed by atoms with Crippen molar-refractivity contribution in [1.29, 1.82) is 0 Å². The van der Waals surface area contributed by atoms with Crippen LogP contribution in [0.2, 0.25) is 0 Å². The summed E-state index contributed by atoms with van der Waals surface area (Å²) in [5.41, 5.74) is 1.64. The fourth-order valence-electron chi connectivity index (χ4n) is 2.31. The maximum absolute atomic E-state index is 12.2. The van der Waals surface area contributed by atoms with Crippen molar-refractivity contribution in [3.05, 3.63) is 57.4 Å². The van der Waals surface area contributed by atoms with Crippen LogP contribution in [0.5, 0.6) is 11.5 Å². The highest BCUT2D eigenvalue weighted by atomic mass is 79.9. The van der Waals surface area contributed by atoms with Crippen LogP contribution in [0, 0.1) is 0 Å². The number of benzene rings is 2. The zero-order chi connectivity index (χ0) is 16.5. The minimum Gasteiger partial charge on any atom is -0.454 e. The SMILES string of the molecule is O=C1NC(=Nc2ccccc2)S/C1=C/c1ccc2c(c1Br)OCO2. The van der Waals surface area contributed by atoms with Gasteiger partial charge in [0.25, 0.3) is 5.91 Å². The molecule has 1 N–H and O–H groups in total. The lowest BCUT2D eigenvalue weighted by molar-refractivity contribution is -0.115. The van der Waals surface area contributed by atoms with Gasteiger partial charge in [-0.2, -0.15) is 0 Å². The van der Waals surface area contributed by atoms with E-state index in [0.29, 0.717) is 21.6 Å². The predicted octanol–water partition coefficient (Wildman–Crippen LogP) is 4.07. The highest BCUT2D eigenvalue weighted by molar-refractivity contribution is 9.10. The molecule has 0 aromatic heterocycles. The summed E-state index contributed by atoms with van der Waals surface area (Å²) in [5.74, 6) is 1.18. The second-order valence-electron chi connectivity index (χ2n) is 5.02. The van der Waals surface area contributed by atoms with Gasteiger partial charge in [0, 0.05) is 0 Å². The molecule has 2 aromatic carbocycles. The minimum absolute atomic E-state index is 0.167. The molecule has 0 saturated carbocycles. The molecule has 0 bridgehead atoms. The Morgan fingerprint density at radius 1 is 1.17 bits per heavy atom. The number of nitrogens with zero attached hydrogens (tertiary/aromatic N) is 1. The smallest absolute Gasteiger partial charge is 0.264 e. The number of hydrogen-bond donors (Lipinski definition) is 1. The molecule has 4 rings (SSSR count). The molecule has 0 atom stereocenters. The van der Waals surface area contributed by atoms with Crippen LogP contribution in [0.25, 0.3) is 6.08 Å². The first kappa shape index (κ1) is 15.3. The average molecular weight is 403 g/mol. The third-order valence-corrected chi connectivity index (χ3v) is 5.16. The van der Waals surface area contributed by atoms with Crippen molar-refractivity contribution in [2.75, 3.05) is 6.79 Å². The van der Waals surface area contributed by atoms with E-state index in [1.54, 1.807) is 6.08 Å². The molecule has 1 amide bonds. The Morgan fingerprint density at radius 3 is 2.83 bits per heavy atom. The summed E-state index contributed by atoms with van der Waals surface area (Å²) in [6, 6.07) is 13.2. The van der Waals surface area contributed by atoms with E-state index >= 15 is 0 Å². The third-order valence-electron chi connectivity index (χ3n) is 3.43. The lowest BCUT2D eigenvalue weighted by Crippen LogP contribution is -2.19. The van der Waals surface area contributed by atoms with E-state index < -0.39 is 0 Å². The summed E-state index contributed by atoms with van der Waals surface area (Å²) in [5, 5.41) is 3.34. The van der Waals surface area contributed by atoms with E-state index in [4.69, 9.17) is 9.47 Å². The predicted molar refractivity (Wildman–Crippen MR) is 97.5 cm³/mol. The standard InChI is InChI=1S/C17H11BrN2O3S/c18-14-10(6-7-12-15(14)23-9-22-12)8-13-16(21)20-17(24-13)19-11-4-2-1-3-5-11/h1-8H,9H2,(H,19,20,21)/b13-8+. The maximum Gasteiger partial charge on any atom is 0.264 e. The molecule has 5 nitrogen and oxygen atoms in total. The van der Waals surface area contributed by atoms with Crippen LogP contribution in [0.15, 0.2) is 56.8 Å². The number of rotatable bonds is 2. The minimum atomic E-state index is -0.167. The van der Waals surface area contributed by atoms with Gasteiger partial charge in [0.15, 0.2) is 16.7 Å². The maximum atomic E-state index is 12.2. The van der Waals surface area contributed by atoms with Crippen LogP contribution < -0.4 is 14.8 Å². The van der Waals surface area contributed by atoms with Gasteiger partial charge in [0.2, 0.25) is 6.79 Å². The number of amides is 1. The summed E-state index contributed by atoms with van der Waals surface area (Å²) >= 11 is 4.82. The molecule has 2 aromatic rings. The zero-order valence-electron chi connectivity index (χ0n) is 12.3. The Morgan fingerprint density at radius 2 is 2.00 bits per heavy atom. The third kappa shape index (κ3) is 2.92. The quantitative estimate of drug-likeness (QED) is 0.769. The number of amidine groups is 1. The van der Waals surface area contributed by atoms with Gasteiger partial charge in [0.05, 0.1) is 15.1 Å². The number of para-hydroxylation sites is 1. The Balaban J connectivity index is 1.62. The van der Waals surface area contributed by atoms with Crippen LogP contribution in [0.4, 0.5) is 5.69 Å². The van der Waals surface area contributed by atoms with E-state index in [1.165, 1.54) is 11.8 Å². The van der Waals surface area contributed by atoms with Crippen LogP contribution in [-0.4, -0.2) is 17.9 Å². The lowest BCUT2D eigenvalue weighted by atomic mass is 10.2. The molecule has 2 aliphatic rings. The molecule has 24 heavy (non-hydrogen) atoms. The van der Waals surface area contributed by atoms with Gasteiger partial charge in [0.1, 0.15) is 0 Å². The molecular weight excluding hydrogens is 392 g/mol. The highest BCUT2D eigenvalue weighted by Gasteiger charge is 2.25. The normalized spacial score (nSPS) is 19.1. The lowest BCUT2D eigenvalue weighted by Gasteiger charge is -2.03. The van der Waals surface area contributed by atoms with Gasteiger partial charge >= 0.3 is 0 Å². The van der Waals surface area contributed by atoms with E-state index in [2.05, 4.69) is 26.2 Å². The molecular formula is C17H11BrN2O3S. The summed E-state index contributed by atoms with van der Waals surface area (Å²) in [6.07, 6.45) is 1.81. The molecule has 0 aliphatic carbocycles. The summed E-state index contributed by atoms with van der Waals surface area (Å²) in [7, 11) is 0. The van der Waals surface area contributed by atoms with Gasteiger partial charge in [-0.1, -0.05) is 18.2 Å². The van der Waals surface area contributed by atoms with Crippen molar-refractivity contribution in [2.45, 2.75) is 0 Å². The molecule has 1 saturated heterocycles. The van der Waals surface area contributed by atoms with E-state index in [1.807, 2.05) is 42.5 Å². The molecule has 1 fully saturated rings. The summed E-state index contributed by atoms with van der Waals surface area (Å²) < 4.78 is 11.5. The van der Waals surface area contributed by atoms with Gasteiger partial charge in [-0.15, -0.1) is 0 Å². The van der Waals surface area contributed by atoms with E-state index in [9.17, 15) is 4.79 Å². The van der Waals surface area contributed by atoms with Gasteiger partial charge in [-0.25, -0.2) is 4.99 Å². The van der Waals surface area contributed by atoms with Crippen molar-refractivity contribution >= 4 is 50.5 Å². The van der Waals surface area contributed by atoms with Crippen molar-refractivity contribution < 1.29 is 14.3 Å². The monoisotopic (exact) mass is 402 g/mol. The molecule has 0 radical (unpaired) electrons. The second-order valence-corrected chi connectivity index (χ2v) is 6.84. The molecule has 120 valence electrons. The van der Waals surface area contributed by atoms with E-state index in [0.717, 1.165) is 15.7 Å². The van der Waals surface area contributed by atoms with Gasteiger partial charge in [-0.05, 0) is 63.6 Å². The van der Waals surface area contributed by atoms with Crippen LogP contribution in [0.1, 0.15) is 5.56 Å². The number of hydrogen-bond acceptors (Lipinski definition) is 5. The first-order valence-electron chi connectivity index (χ1n) is 7.13. The number of thioether (sulfide) groups is 1. The first-order valence-corrected chi connectivity index (χ1v) is 8.74. The first-order chi connectivity index (χ1) is 11.7. The number of carbonyl (C=O) groups is 1. The number of carbonyl (C=O) groups excluding carboxylic acids is 1. The Bertz CT molecular complexity index is 881. The van der Waals surface area contributed by atoms with Crippen molar-refractivity contribution in [3.8, 4) is 11.5 Å². The van der Waals surface area contributed by atoms with Crippen LogP contribution in [0.3, 0.4) is 0 Å². The van der Waals surface area contributed by atoms with Gasteiger partial charge in [-0.3, -0.25) is 4.79 Å². The van der Waals surface area contributed by atoms with Crippen LogP contribution >= 0.6 is 27.7 Å². The highest BCUT2D eigenvalue weighted by Crippen LogP contribution is 2.42. The van der Waals surface area contributed by atoms with Crippen LogP contribution in [-0.2, 0) is 4.79 Å². The van der Waals surface area contributed by atoms with Crippen molar-refractivity contribution in [1.82, 2.24) is 5.32 Å². The van der Waals surface area contributed by atoms with E-state index in [-0.39, 0.29) is 12.7 Å². The molecule has 2 heterocycles. The second kappa shape index (κ2) is 6.33. The number of halogens is 1. The fraction of sp³-hybridized carbons (Fsp3) is 0.0588. The Hall–Kier alpha value is -2.25. The van der Waals surface area contributed by atoms with Crippen molar-refractivity contribution in [3.63, 3.8) is 0 Å². The van der Waals surface area contributed by atoms with Crippen molar-refractivity contribution in [2.24, 2.45) is 4.99 Å². The molecule has 0 spiro atoms. The summed E-state index contributed by atoms with van der Waals surface area (Å²) in [6.45, 7) is 0.205. The number of nitrogens with one attached hydrogen (secondary N) is 1. The topological polar surface area (TPSA) is 59.9 Å². The molecule has 2 aliphatic heterocycles. The number of ether oxygens (including phenoxy) is 2. The molecule has 7 heteroatoms. The summed E-state index contributed by atoms with van der Waals surface area (Å²) in [4.78, 5) is 17.2. The fourth-order valence-corrected chi connectivity index (χ4v) is 3.70. The number of aliphatic imine (C=N–C) groups is 1. The average Bonchev–Trinajstić information content (AvgIpc) is 3.19. The Kier molecular flexibility index (Phi) is 4.03. The zero-order valence-corrected chi connectivity index (χ0v) is 14.7. The van der Waals surface area contributed by atoms with Gasteiger partial charge < -0.3 is 14.8 Å².